The molecular formula is C20H25BrN2O. The highest BCUT2D eigenvalue weighted by Gasteiger charge is 2.19. The van der Waals surface area contributed by atoms with Crippen LogP contribution in [0.3, 0.4) is 0 Å². The van der Waals surface area contributed by atoms with E-state index in [1.165, 1.54) is 11.1 Å². The molecule has 1 aliphatic heterocycles. The maximum absolute atomic E-state index is 5.97. The van der Waals surface area contributed by atoms with Gasteiger partial charge < -0.3 is 10.1 Å². The van der Waals surface area contributed by atoms with Gasteiger partial charge in [0.05, 0.1) is 11.1 Å². The highest BCUT2D eigenvalue weighted by molar-refractivity contribution is 9.10. The molecule has 0 bridgehead atoms. The van der Waals surface area contributed by atoms with Gasteiger partial charge in [0.2, 0.25) is 0 Å². The highest BCUT2D eigenvalue weighted by atomic mass is 79.9. The lowest BCUT2D eigenvalue weighted by Gasteiger charge is -2.33. The first kappa shape index (κ1) is 17.5. The molecule has 128 valence electrons. The highest BCUT2D eigenvalue weighted by Crippen LogP contribution is 2.26. The van der Waals surface area contributed by atoms with Crippen molar-refractivity contribution < 1.29 is 4.74 Å². The SMILES string of the molecule is Cc1ccc(Br)c(OCC[C@H]2CN(Cc3ccccc3)CCN2)c1. The summed E-state index contributed by atoms with van der Waals surface area (Å²) in [7, 11) is 0. The lowest BCUT2D eigenvalue weighted by molar-refractivity contribution is 0.172. The molecule has 1 heterocycles. The summed E-state index contributed by atoms with van der Waals surface area (Å²) in [6.07, 6.45) is 1.02. The molecule has 1 aliphatic rings. The maximum Gasteiger partial charge on any atom is 0.133 e. The molecule has 1 saturated heterocycles. The van der Waals surface area contributed by atoms with Crippen LogP contribution in [0, 0.1) is 6.92 Å². The second-order valence-electron chi connectivity index (χ2n) is 6.44. The summed E-state index contributed by atoms with van der Waals surface area (Å²) in [4.78, 5) is 2.53. The quantitative estimate of drug-likeness (QED) is 0.808. The minimum absolute atomic E-state index is 0.492. The minimum Gasteiger partial charge on any atom is -0.492 e. The smallest absolute Gasteiger partial charge is 0.133 e. The number of aryl methyl sites for hydroxylation is 1. The fraction of sp³-hybridized carbons (Fsp3) is 0.400. The van der Waals surface area contributed by atoms with E-state index in [-0.39, 0.29) is 0 Å². The average molecular weight is 389 g/mol. The Kier molecular flexibility index (Phi) is 6.30. The number of benzene rings is 2. The van der Waals surface area contributed by atoms with Crippen molar-refractivity contribution in [3.63, 3.8) is 0 Å². The molecule has 0 spiro atoms. The molecule has 0 unspecified atom stereocenters. The number of rotatable bonds is 6. The van der Waals surface area contributed by atoms with Crippen LogP contribution in [0.2, 0.25) is 0 Å². The van der Waals surface area contributed by atoms with Crippen molar-refractivity contribution in [2.45, 2.75) is 25.9 Å². The van der Waals surface area contributed by atoms with Crippen LogP contribution in [0.4, 0.5) is 0 Å². The largest absolute Gasteiger partial charge is 0.492 e. The van der Waals surface area contributed by atoms with Gasteiger partial charge in [0, 0.05) is 32.2 Å². The van der Waals surface area contributed by atoms with Crippen LogP contribution in [0.25, 0.3) is 0 Å². The van der Waals surface area contributed by atoms with E-state index >= 15 is 0 Å². The van der Waals surface area contributed by atoms with E-state index in [0.29, 0.717) is 6.04 Å². The third kappa shape index (κ3) is 5.07. The number of nitrogens with one attached hydrogen (secondary N) is 1. The van der Waals surface area contributed by atoms with Gasteiger partial charge in [-0.25, -0.2) is 0 Å². The fourth-order valence-electron chi connectivity index (χ4n) is 3.11. The van der Waals surface area contributed by atoms with Gasteiger partial charge in [-0.15, -0.1) is 0 Å². The van der Waals surface area contributed by atoms with Crippen LogP contribution in [-0.2, 0) is 6.54 Å². The number of ether oxygens (including phenoxy) is 1. The van der Waals surface area contributed by atoms with Gasteiger partial charge in [0.1, 0.15) is 5.75 Å². The van der Waals surface area contributed by atoms with Crippen LogP contribution in [0.15, 0.2) is 53.0 Å². The Balaban J connectivity index is 1.46. The zero-order chi connectivity index (χ0) is 16.8. The van der Waals surface area contributed by atoms with Crippen molar-refractivity contribution >= 4 is 15.9 Å². The molecule has 0 saturated carbocycles. The summed E-state index contributed by atoms with van der Waals surface area (Å²) >= 11 is 3.55. The molecule has 0 aromatic heterocycles. The Morgan fingerprint density at radius 2 is 2.04 bits per heavy atom. The predicted molar refractivity (Wildman–Crippen MR) is 103 cm³/mol. The molecule has 2 aromatic carbocycles. The predicted octanol–water partition coefficient (Wildman–Crippen LogP) is 4.00. The van der Waals surface area contributed by atoms with Crippen LogP contribution in [0.1, 0.15) is 17.5 Å². The molecular weight excluding hydrogens is 364 g/mol. The van der Waals surface area contributed by atoms with Crippen molar-refractivity contribution in [3.8, 4) is 5.75 Å². The molecule has 1 N–H and O–H groups in total. The standard InChI is InChI=1S/C20H25BrN2O/c1-16-7-8-19(21)20(13-16)24-12-9-18-15-23(11-10-22-18)14-17-5-3-2-4-6-17/h2-8,13,18,22H,9-12,14-15H2,1H3/t18-/m0/s1. The number of nitrogens with zero attached hydrogens (tertiary/aromatic N) is 1. The van der Waals surface area contributed by atoms with E-state index in [4.69, 9.17) is 4.74 Å². The van der Waals surface area contributed by atoms with Gasteiger partial charge in [0.25, 0.3) is 0 Å². The Hall–Kier alpha value is -1.36. The molecule has 3 rings (SSSR count). The van der Waals surface area contributed by atoms with Crippen LogP contribution < -0.4 is 10.1 Å². The lowest BCUT2D eigenvalue weighted by atomic mass is 10.1. The summed E-state index contributed by atoms with van der Waals surface area (Å²) in [6.45, 7) is 7.08. The third-order valence-corrected chi connectivity index (χ3v) is 5.05. The molecule has 4 heteroatoms. The third-order valence-electron chi connectivity index (χ3n) is 4.40. The van der Waals surface area contributed by atoms with Crippen molar-refractivity contribution in [2.75, 3.05) is 26.2 Å². The van der Waals surface area contributed by atoms with E-state index in [0.717, 1.165) is 49.4 Å². The number of hydrogen-bond acceptors (Lipinski definition) is 3. The van der Waals surface area contributed by atoms with E-state index in [1.54, 1.807) is 0 Å². The molecule has 24 heavy (non-hydrogen) atoms. The van der Waals surface area contributed by atoms with Crippen LogP contribution in [0.5, 0.6) is 5.75 Å². The van der Waals surface area contributed by atoms with E-state index in [1.807, 2.05) is 6.07 Å². The zero-order valence-corrected chi connectivity index (χ0v) is 15.8. The summed E-state index contributed by atoms with van der Waals surface area (Å²) in [6, 6.07) is 17.4. The second kappa shape index (κ2) is 8.65. The Bertz CT molecular complexity index is 647. The molecule has 2 aromatic rings. The van der Waals surface area contributed by atoms with Crippen molar-refractivity contribution in [3.05, 3.63) is 64.1 Å². The van der Waals surface area contributed by atoms with Crippen LogP contribution >= 0.6 is 15.9 Å². The van der Waals surface area contributed by atoms with Gasteiger partial charge in [0.15, 0.2) is 0 Å². The summed E-state index contributed by atoms with van der Waals surface area (Å²) in [5.74, 6) is 0.937. The van der Waals surface area contributed by atoms with Gasteiger partial charge in [-0.2, -0.15) is 0 Å². The molecule has 0 amide bonds. The van der Waals surface area contributed by atoms with Crippen molar-refractivity contribution in [2.24, 2.45) is 0 Å². The first-order chi connectivity index (χ1) is 11.7. The second-order valence-corrected chi connectivity index (χ2v) is 7.30. The minimum atomic E-state index is 0.492. The van der Waals surface area contributed by atoms with E-state index in [9.17, 15) is 0 Å². The van der Waals surface area contributed by atoms with Gasteiger partial charge in [-0.1, -0.05) is 36.4 Å². The van der Waals surface area contributed by atoms with Crippen molar-refractivity contribution in [1.29, 1.82) is 0 Å². The lowest BCUT2D eigenvalue weighted by Crippen LogP contribution is -2.50. The van der Waals surface area contributed by atoms with E-state index < -0.39 is 0 Å². The first-order valence-electron chi connectivity index (χ1n) is 8.59. The molecule has 3 nitrogen and oxygen atoms in total. The number of hydrogen-bond donors (Lipinski definition) is 1. The maximum atomic E-state index is 5.97. The molecule has 1 fully saturated rings. The summed E-state index contributed by atoms with van der Waals surface area (Å²) in [5.41, 5.74) is 2.61. The summed E-state index contributed by atoms with van der Waals surface area (Å²) in [5, 5.41) is 3.61. The average Bonchev–Trinajstić information content (AvgIpc) is 2.59. The fourth-order valence-corrected chi connectivity index (χ4v) is 3.47. The number of halogens is 1. The topological polar surface area (TPSA) is 24.5 Å². The Morgan fingerprint density at radius 3 is 2.88 bits per heavy atom. The van der Waals surface area contributed by atoms with Gasteiger partial charge in [-0.3, -0.25) is 4.90 Å². The molecule has 0 aliphatic carbocycles. The normalized spacial score (nSPS) is 18.5. The van der Waals surface area contributed by atoms with Crippen molar-refractivity contribution in [1.82, 2.24) is 10.2 Å². The first-order valence-corrected chi connectivity index (χ1v) is 9.38. The summed E-state index contributed by atoms with van der Waals surface area (Å²) < 4.78 is 6.99. The van der Waals surface area contributed by atoms with Crippen LogP contribution in [-0.4, -0.2) is 37.2 Å². The molecule has 0 radical (unpaired) electrons. The number of piperazine rings is 1. The Morgan fingerprint density at radius 1 is 1.21 bits per heavy atom. The monoisotopic (exact) mass is 388 g/mol. The Labute approximate surface area is 153 Å². The van der Waals surface area contributed by atoms with E-state index in [2.05, 4.69) is 75.5 Å². The van der Waals surface area contributed by atoms with Gasteiger partial charge >= 0.3 is 0 Å². The van der Waals surface area contributed by atoms with Gasteiger partial charge in [-0.05, 0) is 52.5 Å². The molecule has 1 atom stereocenters. The zero-order valence-electron chi connectivity index (χ0n) is 14.2.